The van der Waals surface area contributed by atoms with Gasteiger partial charge >= 0.3 is 0 Å². The van der Waals surface area contributed by atoms with Gasteiger partial charge in [-0.05, 0) is 116 Å². The molecule has 5 heteroatoms. The Morgan fingerprint density at radius 3 is 1.97 bits per heavy atom. The summed E-state index contributed by atoms with van der Waals surface area (Å²) in [4.78, 5) is 4.99. The van der Waals surface area contributed by atoms with Crippen LogP contribution >= 0.6 is 0 Å². The highest BCUT2D eigenvalue weighted by molar-refractivity contribution is 6.14. The zero-order chi connectivity index (χ0) is 57.4. The largest absolute Gasteiger partial charge is 0.458 e. The van der Waals surface area contributed by atoms with Crippen molar-refractivity contribution >= 4 is 32.8 Å². The molecule has 0 N–H and O–H groups in total. The highest BCUT2D eigenvalue weighted by Crippen LogP contribution is 2.50. The number of benzene rings is 9. The monoisotopic (exact) mass is 938 g/mol. The number of fused-ring (bicyclic) bond motifs is 7. The Morgan fingerprint density at radius 2 is 1.22 bits per heavy atom. The van der Waals surface area contributed by atoms with E-state index < -0.39 is 65.8 Å². The van der Waals surface area contributed by atoms with Gasteiger partial charge in [0.1, 0.15) is 17.3 Å². The van der Waals surface area contributed by atoms with E-state index in [9.17, 15) is 5.48 Å². The van der Waals surface area contributed by atoms with E-state index in [4.69, 9.17) is 17.9 Å². The van der Waals surface area contributed by atoms with Gasteiger partial charge in [-0.1, -0.05) is 192 Å². The Morgan fingerprint density at radius 1 is 0.556 bits per heavy atom. The van der Waals surface area contributed by atoms with E-state index in [0.29, 0.717) is 28.2 Å². The molecule has 1 aliphatic rings. The normalized spacial score (nSPS) is 14.8. The van der Waals surface area contributed by atoms with Crippen molar-refractivity contribution in [2.24, 2.45) is 0 Å². The fourth-order valence-electron chi connectivity index (χ4n) is 10.6. The zero-order valence-electron chi connectivity index (χ0n) is 50.3. The molecule has 72 heavy (non-hydrogen) atoms. The molecule has 0 spiro atoms. The third-order valence-corrected chi connectivity index (χ3v) is 14.2. The van der Waals surface area contributed by atoms with Gasteiger partial charge in [-0.2, -0.15) is 0 Å². The molecule has 3 aromatic heterocycles. The summed E-state index contributed by atoms with van der Waals surface area (Å²) in [5.74, 6) is 1.86. The number of ether oxygens (including phenoxy) is 1. The number of hydrogen-bond acceptors (Lipinski definition) is 2. The molecule has 13 rings (SSSR count). The maximum absolute atomic E-state index is 9.26. The molecule has 0 saturated heterocycles. The lowest BCUT2D eigenvalue weighted by Gasteiger charge is -2.22. The average Bonchev–Trinajstić information content (AvgIpc) is 1.92. The third-order valence-electron chi connectivity index (χ3n) is 14.2. The molecule has 0 aliphatic heterocycles. The third kappa shape index (κ3) is 7.06. The first-order valence-corrected chi connectivity index (χ1v) is 24.0. The van der Waals surface area contributed by atoms with Crippen LogP contribution in [0.15, 0.2) is 224 Å². The van der Waals surface area contributed by atoms with Gasteiger partial charge in [0.15, 0.2) is 0 Å². The maximum atomic E-state index is 9.26. The molecule has 3 heterocycles. The molecule has 346 valence electrons. The van der Waals surface area contributed by atoms with Gasteiger partial charge in [-0.15, -0.1) is 0 Å². The molecule has 12 aromatic rings. The molecule has 0 radical (unpaired) electrons. The van der Waals surface area contributed by atoms with Crippen molar-refractivity contribution < 1.29 is 23.0 Å². The molecule has 0 fully saturated rings. The van der Waals surface area contributed by atoms with E-state index in [2.05, 4.69) is 118 Å². The standard InChI is InChI=1S/C67H52N4O/c1-66(2,3)47-36-37-68-63(38-47)71-60-40-50(34-35-55(60)56-32-19-31-53(65(56)71)46-24-13-8-14-25-46)72-49-27-17-26-48(39-49)69-43-70(62-42-59-57(41-61(62)69)54-28-15-16-33-58(54)67(59,4)5)64-51(44-20-9-6-10-21-44)29-18-30-52(64)45-22-11-7-12-23-45/h6-42H,1-5H3/i6D,7D,9D,10D,11D,12D,20D,21D,22D,23D. The van der Waals surface area contributed by atoms with Gasteiger partial charge in [0, 0.05) is 34.0 Å². The minimum Gasteiger partial charge on any atom is -0.458 e. The predicted octanol–water partition coefficient (Wildman–Crippen LogP) is 16.6. The molecule has 5 nitrogen and oxygen atoms in total. The summed E-state index contributed by atoms with van der Waals surface area (Å²) in [6, 6.07) is 46.8. The molecular weight excluding hydrogens is 877 g/mol. The Hall–Kier alpha value is -8.80. The summed E-state index contributed by atoms with van der Waals surface area (Å²) >= 11 is 0. The first-order chi connectivity index (χ1) is 39.2. The van der Waals surface area contributed by atoms with E-state index in [1.165, 1.54) is 0 Å². The number of rotatable bonds is 8. The Kier molecular flexibility index (Phi) is 7.80. The van der Waals surface area contributed by atoms with Crippen molar-refractivity contribution in [2.75, 3.05) is 0 Å². The van der Waals surface area contributed by atoms with Gasteiger partial charge in [-0.3, -0.25) is 13.7 Å². The topological polar surface area (TPSA) is 35.9 Å². The van der Waals surface area contributed by atoms with Crippen molar-refractivity contribution in [3.63, 3.8) is 0 Å². The van der Waals surface area contributed by atoms with Crippen molar-refractivity contribution in [1.29, 1.82) is 0 Å². The van der Waals surface area contributed by atoms with Crippen LogP contribution in [0.1, 0.15) is 65.0 Å². The van der Waals surface area contributed by atoms with Crippen LogP contribution in [-0.4, -0.2) is 14.1 Å². The lowest BCUT2D eigenvalue weighted by Crippen LogP contribution is -2.32. The average molecular weight is 939 g/mol. The zero-order valence-corrected chi connectivity index (χ0v) is 40.3. The summed E-state index contributed by atoms with van der Waals surface area (Å²) < 4.78 is 102. The van der Waals surface area contributed by atoms with Crippen LogP contribution in [0.4, 0.5) is 0 Å². The van der Waals surface area contributed by atoms with Crippen LogP contribution in [0.25, 0.3) is 94.5 Å². The highest BCUT2D eigenvalue weighted by atomic mass is 16.5. The second-order valence-corrected chi connectivity index (χ2v) is 19.9. The minimum atomic E-state index is -0.570. The predicted molar refractivity (Wildman–Crippen MR) is 295 cm³/mol. The van der Waals surface area contributed by atoms with Crippen LogP contribution in [0.5, 0.6) is 11.5 Å². The number of nitrogens with zero attached hydrogens (tertiary/aromatic N) is 4. The first-order valence-electron chi connectivity index (χ1n) is 29.0. The van der Waals surface area contributed by atoms with Crippen molar-refractivity contribution in [3.05, 3.63) is 247 Å². The molecular formula is C67H52N4O. The van der Waals surface area contributed by atoms with Crippen LogP contribution in [0, 0.1) is 6.33 Å². The lowest BCUT2D eigenvalue weighted by atomic mass is 9.82. The molecule has 0 saturated carbocycles. The van der Waals surface area contributed by atoms with E-state index in [-0.39, 0.29) is 33.4 Å². The maximum Gasteiger partial charge on any atom is 0.269 e. The van der Waals surface area contributed by atoms with Crippen LogP contribution < -0.4 is 9.30 Å². The number of imidazole rings is 1. The van der Waals surface area contributed by atoms with Gasteiger partial charge in [0.05, 0.1) is 47.1 Å². The molecule has 9 aromatic carbocycles. The van der Waals surface area contributed by atoms with Crippen LogP contribution in [0.3, 0.4) is 0 Å². The fourth-order valence-corrected chi connectivity index (χ4v) is 10.6. The van der Waals surface area contributed by atoms with Crippen LogP contribution in [-0.2, 0) is 10.8 Å². The molecule has 0 amide bonds. The van der Waals surface area contributed by atoms with Gasteiger partial charge in [-0.25, -0.2) is 4.98 Å². The number of hydrogen-bond donors (Lipinski definition) is 0. The second kappa shape index (κ2) is 16.7. The van der Waals surface area contributed by atoms with Gasteiger partial charge in [0.2, 0.25) is 0 Å². The minimum absolute atomic E-state index is 0.133. The van der Waals surface area contributed by atoms with Crippen molar-refractivity contribution in [2.45, 2.75) is 45.4 Å². The Labute approximate surface area is 434 Å². The van der Waals surface area contributed by atoms with Crippen molar-refractivity contribution in [3.8, 4) is 73.2 Å². The summed E-state index contributed by atoms with van der Waals surface area (Å²) in [6.07, 6.45) is 5.48. The number of aromatic nitrogens is 4. The van der Waals surface area contributed by atoms with E-state index in [1.807, 2.05) is 77.5 Å². The Balaban J connectivity index is 1.04. The van der Waals surface area contributed by atoms with Gasteiger partial charge in [0.25, 0.3) is 6.33 Å². The second-order valence-electron chi connectivity index (χ2n) is 19.9. The summed E-state index contributed by atoms with van der Waals surface area (Å²) in [7, 11) is 0. The first kappa shape index (κ1) is 33.7. The van der Waals surface area contributed by atoms with E-state index in [0.717, 1.165) is 66.6 Å². The summed E-state index contributed by atoms with van der Waals surface area (Å²) in [5, 5.41) is 2.09. The van der Waals surface area contributed by atoms with E-state index >= 15 is 0 Å². The quantitative estimate of drug-likeness (QED) is 0.112. The smallest absolute Gasteiger partial charge is 0.269 e. The molecule has 0 bridgehead atoms. The molecule has 0 atom stereocenters. The summed E-state index contributed by atoms with van der Waals surface area (Å²) in [6.45, 7) is 10.9. The van der Waals surface area contributed by atoms with E-state index in [1.54, 1.807) is 22.8 Å². The lowest BCUT2D eigenvalue weighted by molar-refractivity contribution is -0.571. The Bertz CT molecular complexity index is 4550. The fraction of sp³-hybridized carbons (Fsp3) is 0.104. The van der Waals surface area contributed by atoms with Gasteiger partial charge < -0.3 is 4.74 Å². The molecule has 1 aliphatic carbocycles. The van der Waals surface area contributed by atoms with Crippen LogP contribution in [0.2, 0.25) is 0 Å². The SMILES string of the molecule is [2H]c1c([2H])c([2H])c(-c2cccc(-c3c([2H])c([2H])c([2H])c([2H])c3[2H])c2-[n+]2[c-]n(-c3cccc(Oc4ccc5c6cccc(-c7ccccc7)c6n(-c6cc(C(C)(C)C)ccn6)c5c4)c3)c3cc4c(cc32)C(C)(C)c2ccccc2-4)c([2H])c1[2H]. The molecule has 0 unspecified atom stereocenters. The highest BCUT2D eigenvalue weighted by Gasteiger charge is 2.36. The van der Waals surface area contributed by atoms with Crippen molar-refractivity contribution in [1.82, 2.24) is 14.1 Å². The number of para-hydroxylation sites is 2. The summed E-state index contributed by atoms with van der Waals surface area (Å²) in [5.41, 5.74) is 10.9. The number of pyridine rings is 1.